The van der Waals surface area contributed by atoms with Crippen molar-refractivity contribution >= 4 is 16.0 Å². The Morgan fingerprint density at radius 2 is 1.77 bits per heavy atom. The van der Waals surface area contributed by atoms with Crippen LogP contribution in [-0.2, 0) is 30.9 Å². The third kappa shape index (κ3) is 6.68. The molecule has 1 fully saturated rings. The lowest BCUT2D eigenvalue weighted by atomic mass is 10.2. The zero-order chi connectivity index (χ0) is 22.1. The number of methoxy groups -OCH3 is 1. The molecular formula is C22H27NO7S. The maximum Gasteiger partial charge on any atom is 0.306 e. The van der Waals surface area contributed by atoms with Gasteiger partial charge in [-0.2, -0.15) is 4.31 Å². The van der Waals surface area contributed by atoms with Crippen LogP contribution in [0.5, 0.6) is 11.5 Å². The molecule has 0 unspecified atom stereocenters. The fourth-order valence-corrected chi connectivity index (χ4v) is 4.53. The average molecular weight is 450 g/mol. The van der Waals surface area contributed by atoms with E-state index < -0.39 is 10.0 Å². The monoisotopic (exact) mass is 449 g/mol. The Balaban J connectivity index is 1.43. The Morgan fingerprint density at radius 3 is 2.48 bits per heavy atom. The van der Waals surface area contributed by atoms with Crippen LogP contribution in [0.2, 0.25) is 0 Å². The van der Waals surface area contributed by atoms with E-state index in [1.165, 1.54) is 4.31 Å². The van der Waals surface area contributed by atoms with E-state index in [0.29, 0.717) is 50.6 Å². The number of carbonyl (C=O) groups is 1. The number of carbonyl (C=O) groups excluding carboxylic acids is 1. The van der Waals surface area contributed by atoms with Crippen LogP contribution in [-0.4, -0.2) is 58.7 Å². The maximum atomic E-state index is 12.7. The van der Waals surface area contributed by atoms with E-state index in [0.717, 1.165) is 5.75 Å². The van der Waals surface area contributed by atoms with Gasteiger partial charge >= 0.3 is 5.97 Å². The highest BCUT2D eigenvalue weighted by molar-refractivity contribution is 7.89. The zero-order valence-corrected chi connectivity index (χ0v) is 18.3. The van der Waals surface area contributed by atoms with Crippen molar-refractivity contribution in [2.45, 2.75) is 24.3 Å². The van der Waals surface area contributed by atoms with Gasteiger partial charge in [0.2, 0.25) is 10.0 Å². The number of nitrogens with zero attached hydrogens (tertiary/aromatic N) is 1. The van der Waals surface area contributed by atoms with Crippen LogP contribution in [0.15, 0.2) is 53.4 Å². The van der Waals surface area contributed by atoms with Gasteiger partial charge in [-0.15, -0.1) is 0 Å². The fraction of sp³-hybridized carbons (Fsp3) is 0.409. The Kier molecular flexibility index (Phi) is 8.27. The van der Waals surface area contributed by atoms with Crippen LogP contribution in [0.1, 0.15) is 18.4 Å². The normalized spacial score (nSPS) is 14.7. The number of hydrogen-bond acceptors (Lipinski definition) is 7. The van der Waals surface area contributed by atoms with Gasteiger partial charge in [-0.05, 0) is 48.4 Å². The van der Waals surface area contributed by atoms with Gasteiger partial charge in [0.1, 0.15) is 18.1 Å². The molecule has 3 rings (SSSR count). The minimum Gasteiger partial charge on any atom is -0.497 e. The summed E-state index contributed by atoms with van der Waals surface area (Å²) in [7, 11) is -1.99. The molecule has 1 aliphatic heterocycles. The molecule has 31 heavy (non-hydrogen) atoms. The van der Waals surface area contributed by atoms with Gasteiger partial charge in [0.25, 0.3) is 0 Å². The van der Waals surface area contributed by atoms with E-state index in [4.69, 9.17) is 18.9 Å². The molecule has 9 heteroatoms. The minimum absolute atomic E-state index is 0.0185. The van der Waals surface area contributed by atoms with Gasteiger partial charge in [-0.3, -0.25) is 4.79 Å². The molecule has 0 saturated carbocycles. The van der Waals surface area contributed by atoms with Crippen molar-refractivity contribution in [2.75, 3.05) is 40.0 Å². The van der Waals surface area contributed by atoms with E-state index in [-0.39, 0.29) is 23.9 Å². The summed E-state index contributed by atoms with van der Waals surface area (Å²) in [6, 6.07) is 13.7. The predicted molar refractivity (Wildman–Crippen MR) is 114 cm³/mol. The van der Waals surface area contributed by atoms with E-state index in [2.05, 4.69) is 0 Å². The standard InChI is InChI=1S/C22H27NO7S/c1-27-19-7-9-20(10-8-19)29-13-3-6-22(24)30-17-18-4-2-5-21(16-18)31(25,26)23-11-14-28-15-12-23/h2,4-5,7-10,16H,3,6,11-15,17H2,1H3. The van der Waals surface area contributed by atoms with Crippen LogP contribution in [0, 0.1) is 0 Å². The number of sulfonamides is 1. The lowest BCUT2D eigenvalue weighted by Gasteiger charge is -2.26. The van der Waals surface area contributed by atoms with Crippen LogP contribution < -0.4 is 9.47 Å². The van der Waals surface area contributed by atoms with Crippen molar-refractivity contribution in [1.82, 2.24) is 4.31 Å². The van der Waals surface area contributed by atoms with E-state index in [1.54, 1.807) is 55.6 Å². The Morgan fingerprint density at radius 1 is 1.06 bits per heavy atom. The lowest BCUT2D eigenvalue weighted by molar-refractivity contribution is -0.145. The first-order valence-electron chi connectivity index (χ1n) is 10.1. The number of morpholine rings is 1. The molecule has 0 aromatic heterocycles. The third-order valence-electron chi connectivity index (χ3n) is 4.76. The molecule has 0 N–H and O–H groups in total. The average Bonchev–Trinajstić information content (AvgIpc) is 2.81. The smallest absolute Gasteiger partial charge is 0.306 e. The van der Waals surface area contributed by atoms with Crippen molar-refractivity contribution in [2.24, 2.45) is 0 Å². The first-order chi connectivity index (χ1) is 15.0. The summed E-state index contributed by atoms with van der Waals surface area (Å²) in [6.07, 6.45) is 0.720. The second-order valence-electron chi connectivity index (χ2n) is 6.95. The van der Waals surface area contributed by atoms with Crippen molar-refractivity contribution < 1.29 is 32.2 Å². The molecule has 0 aliphatic carbocycles. The molecular weight excluding hydrogens is 422 g/mol. The number of esters is 1. The van der Waals surface area contributed by atoms with E-state index in [9.17, 15) is 13.2 Å². The molecule has 168 valence electrons. The highest BCUT2D eigenvalue weighted by Crippen LogP contribution is 2.19. The highest BCUT2D eigenvalue weighted by atomic mass is 32.2. The number of rotatable bonds is 10. The van der Waals surface area contributed by atoms with Crippen LogP contribution in [0.25, 0.3) is 0 Å². The highest BCUT2D eigenvalue weighted by Gasteiger charge is 2.26. The van der Waals surface area contributed by atoms with Crippen molar-refractivity contribution in [3.05, 3.63) is 54.1 Å². The molecule has 2 aromatic rings. The molecule has 0 amide bonds. The van der Waals surface area contributed by atoms with Crippen molar-refractivity contribution in [1.29, 1.82) is 0 Å². The fourth-order valence-electron chi connectivity index (χ4n) is 3.05. The maximum absolute atomic E-state index is 12.7. The molecule has 2 aromatic carbocycles. The Hall–Kier alpha value is -2.62. The Bertz CT molecular complexity index is 954. The molecule has 0 atom stereocenters. The first kappa shape index (κ1) is 23.1. The molecule has 0 bridgehead atoms. The quantitative estimate of drug-likeness (QED) is 0.407. The summed E-state index contributed by atoms with van der Waals surface area (Å²) in [5.41, 5.74) is 0.622. The molecule has 1 heterocycles. The van der Waals surface area contributed by atoms with Gasteiger partial charge in [0.15, 0.2) is 0 Å². The van der Waals surface area contributed by atoms with Gasteiger partial charge in [-0.25, -0.2) is 8.42 Å². The molecule has 0 radical (unpaired) electrons. The Labute approximate surface area is 182 Å². The van der Waals surface area contributed by atoms with Crippen LogP contribution >= 0.6 is 0 Å². The van der Waals surface area contributed by atoms with Crippen LogP contribution in [0.3, 0.4) is 0 Å². The number of benzene rings is 2. The largest absolute Gasteiger partial charge is 0.497 e. The van der Waals surface area contributed by atoms with Crippen molar-refractivity contribution in [3.8, 4) is 11.5 Å². The number of hydrogen-bond donors (Lipinski definition) is 0. The molecule has 1 saturated heterocycles. The summed E-state index contributed by atoms with van der Waals surface area (Å²) in [6.45, 7) is 1.84. The zero-order valence-electron chi connectivity index (χ0n) is 17.5. The number of ether oxygens (including phenoxy) is 4. The van der Waals surface area contributed by atoms with E-state index >= 15 is 0 Å². The van der Waals surface area contributed by atoms with Crippen LogP contribution in [0.4, 0.5) is 0 Å². The molecule has 0 spiro atoms. The van der Waals surface area contributed by atoms with Gasteiger partial charge in [0, 0.05) is 19.5 Å². The minimum atomic E-state index is -3.58. The van der Waals surface area contributed by atoms with E-state index in [1.807, 2.05) is 0 Å². The van der Waals surface area contributed by atoms with Crippen molar-refractivity contribution in [3.63, 3.8) is 0 Å². The summed E-state index contributed by atoms with van der Waals surface area (Å²) in [4.78, 5) is 12.2. The topological polar surface area (TPSA) is 91.4 Å². The van der Waals surface area contributed by atoms with Gasteiger partial charge in [-0.1, -0.05) is 12.1 Å². The molecule has 8 nitrogen and oxygen atoms in total. The first-order valence-corrected chi connectivity index (χ1v) is 11.5. The third-order valence-corrected chi connectivity index (χ3v) is 6.65. The van der Waals surface area contributed by atoms with Gasteiger partial charge in [0.05, 0.1) is 31.8 Å². The summed E-state index contributed by atoms with van der Waals surface area (Å²) >= 11 is 0. The molecule has 1 aliphatic rings. The SMILES string of the molecule is COc1ccc(OCCCC(=O)OCc2cccc(S(=O)(=O)N3CCOCC3)c2)cc1. The second-order valence-corrected chi connectivity index (χ2v) is 8.89. The lowest BCUT2D eigenvalue weighted by Crippen LogP contribution is -2.40. The summed E-state index contributed by atoms with van der Waals surface area (Å²) < 4.78 is 48.1. The van der Waals surface area contributed by atoms with Gasteiger partial charge < -0.3 is 18.9 Å². The summed E-state index contributed by atoms with van der Waals surface area (Å²) in [5.74, 6) is 1.09. The second kappa shape index (κ2) is 11.1. The summed E-state index contributed by atoms with van der Waals surface area (Å²) in [5, 5.41) is 0. The predicted octanol–water partition coefficient (Wildman–Crippen LogP) is 2.62.